The second kappa shape index (κ2) is 6.52. The molecule has 0 saturated heterocycles. The number of nitrogens with two attached hydrogens (primary N) is 1. The first-order valence-electron chi connectivity index (χ1n) is 8.12. The molecule has 0 heterocycles. The van der Waals surface area contributed by atoms with Gasteiger partial charge in [-0.3, -0.25) is 0 Å². The Morgan fingerprint density at radius 3 is 2.44 bits per heavy atom. The van der Waals surface area contributed by atoms with Gasteiger partial charge in [-0.25, -0.2) is 12.8 Å². The van der Waals surface area contributed by atoms with Crippen LogP contribution in [0.1, 0.15) is 17.0 Å². The Bertz CT molecular complexity index is 866. The predicted octanol–water partition coefficient (Wildman–Crippen LogP) is 2.67. The highest BCUT2D eigenvalue weighted by atomic mass is 32.2. The van der Waals surface area contributed by atoms with E-state index < -0.39 is 20.5 Å². The molecule has 1 aliphatic rings. The summed E-state index contributed by atoms with van der Waals surface area (Å²) >= 11 is 0. The van der Waals surface area contributed by atoms with E-state index in [4.69, 9.17) is 10.5 Å². The Labute approximate surface area is 147 Å². The highest BCUT2D eigenvalue weighted by Crippen LogP contribution is 2.63. The van der Waals surface area contributed by atoms with E-state index >= 15 is 0 Å². The number of halogens is 1. The van der Waals surface area contributed by atoms with Crippen LogP contribution in [-0.4, -0.2) is 33.9 Å². The van der Waals surface area contributed by atoms with Gasteiger partial charge in [-0.1, -0.05) is 29.8 Å². The Balaban J connectivity index is 2.07. The van der Waals surface area contributed by atoms with Gasteiger partial charge in [0.25, 0.3) is 0 Å². The van der Waals surface area contributed by atoms with E-state index in [2.05, 4.69) is 0 Å². The summed E-state index contributed by atoms with van der Waals surface area (Å²) < 4.78 is 45.4. The third kappa shape index (κ3) is 2.99. The zero-order valence-electron chi connectivity index (χ0n) is 14.3. The lowest BCUT2D eigenvalue weighted by molar-refractivity contribution is 0.142. The standard InChI is InChI=1S/C19H22FNO3S/c1-13-6-8-16(9-7-13)25(22,23)18-17(19(18,11-21)12-24-2)14-4-3-5-15(20)10-14/h3-10,17-18H,11-12,21H2,1-2H3/t17-,18-,19+/m0/s1. The van der Waals surface area contributed by atoms with E-state index in [-0.39, 0.29) is 29.8 Å². The molecule has 1 aliphatic carbocycles. The molecule has 134 valence electrons. The third-order valence-electron chi connectivity index (χ3n) is 5.06. The Morgan fingerprint density at radius 2 is 1.88 bits per heavy atom. The molecule has 0 bridgehead atoms. The monoisotopic (exact) mass is 363 g/mol. The molecule has 2 N–H and O–H groups in total. The molecule has 2 aromatic carbocycles. The normalized spacial score (nSPS) is 25.8. The number of sulfone groups is 1. The van der Waals surface area contributed by atoms with Crippen LogP contribution in [-0.2, 0) is 14.6 Å². The number of rotatable bonds is 6. The summed E-state index contributed by atoms with van der Waals surface area (Å²) in [6, 6.07) is 12.8. The van der Waals surface area contributed by atoms with Gasteiger partial charge in [0.15, 0.2) is 9.84 Å². The summed E-state index contributed by atoms with van der Waals surface area (Å²) in [6.45, 7) is 2.26. The van der Waals surface area contributed by atoms with Gasteiger partial charge in [0.05, 0.1) is 16.8 Å². The predicted molar refractivity (Wildman–Crippen MR) is 94.7 cm³/mol. The van der Waals surface area contributed by atoms with E-state index in [0.29, 0.717) is 5.56 Å². The second-order valence-corrected chi connectivity index (χ2v) is 8.75. The van der Waals surface area contributed by atoms with Crippen LogP contribution in [0, 0.1) is 18.2 Å². The van der Waals surface area contributed by atoms with Crippen LogP contribution in [0.2, 0.25) is 0 Å². The lowest BCUT2D eigenvalue weighted by Crippen LogP contribution is -2.28. The van der Waals surface area contributed by atoms with Crippen LogP contribution < -0.4 is 5.73 Å². The van der Waals surface area contributed by atoms with Crippen molar-refractivity contribution in [3.63, 3.8) is 0 Å². The van der Waals surface area contributed by atoms with Gasteiger partial charge < -0.3 is 10.5 Å². The molecule has 0 radical (unpaired) electrons. The minimum atomic E-state index is -3.62. The summed E-state index contributed by atoms with van der Waals surface area (Å²) in [5.41, 5.74) is 6.85. The van der Waals surface area contributed by atoms with Crippen molar-refractivity contribution < 1.29 is 17.5 Å². The molecule has 1 fully saturated rings. The van der Waals surface area contributed by atoms with Gasteiger partial charge in [-0.05, 0) is 36.8 Å². The van der Waals surface area contributed by atoms with Crippen LogP contribution in [0.25, 0.3) is 0 Å². The molecule has 0 unspecified atom stereocenters. The van der Waals surface area contributed by atoms with Crippen LogP contribution in [0.15, 0.2) is 53.4 Å². The summed E-state index contributed by atoms with van der Waals surface area (Å²) in [7, 11) is -2.10. The number of aryl methyl sites for hydroxylation is 1. The second-order valence-electron chi connectivity index (χ2n) is 6.68. The highest BCUT2D eigenvalue weighted by Gasteiger charge is 2.70. The lowest BCUT2D eigenvalue weighted by Gasteiger charge is -2.15. The van der Waals surface area contributed by atoms with E-state index in [1.165, 1.54) is 19.2 Å². The average Bonchev–Trinajstić information content (AvgIpc) is 3.26. The number of benzene rings is 2. The maximum Gasteiger partial charge on any atom is 0.182 e. The fourth-order valence-corrected chi connectivity index (χ4v) is 6.21. The van der Waals surface area contributed by atoms with Crippen molar-refractivity contribution in [1.29, 1.82) is 0 Å². The molecule has 3 atom stereocenters. The van der Waals surface area contributed by atoms with Crippen molar-refractivity contribution >= 4 is 9.84 Å². The van der Waals surface area contributed by atoms with Crippen molar-refractivity contribution in [2.75, 3.05) is 20.3 Å². The summed E-state index contributed by atoms with van der Waals surface area (Å²) in [6.07, 6.45) is 0. The molecular formula is C19H22FNO3S. The molecule has 4 nitrogen and oxygen atoms in total. The van der Waals surface area contributed by atoms with Crippen molar-refractivity contribution in [1.82, 2.24) is 0 Å². The van der Waals surface area contributed by atoms with Gasteiger partial charge >= 0.3 is 0 Å². The van der Waals surface area contributed by atoms with Crippen molar-refractivity contribution in [2.24, 2.45) is 11.1 Å². The Kier molecular flexibility index (Phi) is 4.70. The Morgan fingerprint density at radius 1 is 1.20 bits per heavy atom. The van der Waals surface area contributed by atoms with Gasteiger partial charge in [0.2, 0.25) is 0 Å². The van der Waals surface area contributed by atoms with E-state index in [0.717, 1.165) is 5.56 Å². The van der Waals surface area contributed by atoms with Crippen molar-refractivity contribution in [3.8, 4) is 0 Å². The molecule has 0 aromatic heterocycles. The zero-order valence-corrected chi connectivity index (χ0v) is 15.1. The molecule has 25 heavy (non-hydrogen) atoms. The van der Waals surface area contributed by atoms with E-state index in [9.17, 15) is 12.8 Å². The first kappa shape index (κ1) is 18.0. The average molecular weight is 363 g/mol. The SMILES string of the molecule is COC[C@]1(CN)[C@@H](c2cccc(F)c2)[C@@H]1S(=O)(=O)c1ccc(C)cc1. The molecule has 6 heteroatoms. The first-order valence-corrected chi connectivity index (χ1v) is 9.66. The molecule has 0 aliphatic heterocycles. The molecule has 0 spiro atoms. The van der Waals surface area contributed by atoms with Crippen LogP contribution in [0.4, 0.5) is 4.39 Å². The van der Waals surface area contributed by atoms with E-state index in [1.807, 2.05) is 6.92 Å². The quantitative estimate of drug-likeness (QED) is 0.857. The van der Waals surface area contributed by atoms with E-state index in [1.54, 1.807) is 36.4 Å². The molecule has 2 aromatic rings. The number of hydrogen-bond acceptors (Lipinski definition) is 4. The minimum absolute atomic E-state index is 0.151. The molecule has 1 saturated carbocycles. The first-order chi connectivity index (χ1) is 11.9. The van der Waals surface area contributed by atoms with Crippen LogP contribution in [0.3, 0.4) is 0 Å². The maximum atomic E-state index is 13.7. The Hall–Kier alpha value is -1.76. The largest absolute Gasteiger partial charge is 0.384 e. The summed E-state index contributed by atoms with van der Waals surface area (Å²) in [5, 5.41) is -0.727. The molecule has 3 rings (SSSR count). The number of methoxy groups -OCH3 is 1. The van der Waals surface area contributed by atoms with Crippen LogP contribution >= 0.6 is 0 Å². The summed E-state index contributed by atoms with van der Waals surface area (Å²) in [5.74, 6) is -0.779. The van der Waals surface area contributed by atoms with Crippen LogP contribution in [0.5, 0.6) is 0 Å². The van der Waals surface area contributed by atoms with Gasteiger partial charge in [0.1, 0.15) is 5.82 Å². The number of hydrogen-bond donors (Lipinski definition) is 1. The minimum Gasteiger partial charge on any atom is -0.384 e. The fraction of sp³-hybridized carbons (Fsp3) is 0.368. The number of ether oxygens (including phenoxy) is 1. The van der Waals surface area contributed by atoms with Crippen molar-refractivity contribution in [3.05, 3.63) is 65.5 Å². The summed E-state index contributed by atoms with van der Waals surface area (Å²) in [4.78, 5) is 0.260. The maximum absolute atomic E-state index is 13.7. The van der Waals surface area contributed by atoms with Gasteiger partial charge in [0, 0.05) is 25.0 Å². The fourth-order valence-electron chi connectivity index (χ4n) is 3.77. The highest BCUT2D eigenvalue weighted by molar-refractivity contribution is 7.92. The topological polar surface area (TPSA) is 69.4 Å². The third-order valence-corrected chi connectivity index (χ3v) is 7.40. The zero-order chi connectivity index (χ0) is 18.2. The lowest BCUT2D eigenvalue weighted by atomic mass is 10.00. The van der Waals surface area contributed by atoms with Gasteiger partial charge in [-0.2, -0.15) is 0 Å². The molecule has 0 amide bonds. The van der Waals surface area contributed by atoms with Crippen molar-refractivity contribution in [2.45, 2.75) is 23.0 Å². The van der Waals surface area contributed by atoms with Gasteiger partial charge in [-0.15, -0.1) is 0 Å². The smallest absolute Gasteiger partial charge is 0.182 e. The molecular weight excluding hydrogens is 341 g/mol.